The molecule has 104 valence electrons. The highest BCUT2D eigenvalue weighted by Crippen LogP contribution is 2.22. The number of nitro benzene ring substituents is 1. The van der Waals surface area contributed by atoms with E-state index in [0.29, 0.717) is 13.0 Å². The molecule has 1 N–H and O–H groups in total. The van der Waals surface area contributed by atoms with Crippen LogP contribution in [0.3, 0.4) is 0 Å². The number of amides is 1. The number of nitro groups is 1. The fraction of sp³-hybridized carbons (Fsp3) is 0.167. The molecule has 0 saturated heterocycles. The molecular formula is C12H10ClN3O3S. The zero-order valence-electron chi connectivity index (χ0n) is 10.2. The van der Waals surface area contributed by atoms with Crippen LogP contribution >= 0.6 is 22.9 Å². The average molecular weight is 312 g/mol. The fourth-order valence-corrected chi connectivity index (χ4v) is 2.37. The van der Waals surface area contributed by atoms with E-state index < -0.39 is 10.8 Å². The largest absolute Gasteiger partial charge is 0.351 e. The Hall–Kier alpha value is -1.99. The van der Waals surface area contributed by atoms with E-state index in [9.17, 15) is 14.9 Å². The first-order valence-corrected chi connectivity index (χ1v) is 6.99. The van der Waals surface area contributed by atoms with Crippen molar-refractivity contribution in [2.24, 2.45) is 0 Å². The van der Waals surface area contributed by atoms with E-state index in [2.05, 4.69) is 10.3 Å². The molecule has 20 heavy (non-hydrogen) atoms. The van der Waals surface area contributed by atoms with Crippen LogP contribution in [-0.2, 0) is 6.42 Å². The van der Waals surface area contributed by atoms with Gasteiger partial charge in [-0.2, -0.15) is 0 Å². The fourth-order valence-electron chi connectivity index (χ4n) is 1.61. The van der Waals surface area contributed by atoms with Crippen LogP contribution in [0.5, 0.6) is 0 Å². The maximum atomic E-state index is 12.0. The summed E-state index contributed by atoms with van der Waals surface area (Å²) in [6, 6.07) is 3.89. The van der Waals surface area contributed by atoms with E-state index in [1.54, 1.807) is 5.51 Å². The first kappa shape index (κ1) is 14.4. The van der Waals surface area contributed by atoms with Gasteiger partial charge in [-0.1, -0.05) is 11.6 Å². The number of nitrogens with one attached hydrogen (secondary N) is 1. The summed E-state index contributed by atoms with van der Waals surface area (Å²) in [7, 11) is 0. The second-order valence-corrected chi connectivity index (χ2v) is 5.06. The lowest BCUT2D eigenvalue weighted by Gasteiger charge is -2.05. The molecule has 1 heterocycles. The van der Waals surface area contributed by atoms with Gasteiger partial charge in [0.05, 0.1) is 16.1 Å². The molecule has 1 amide bonds. The molecule has 0 saturated carbocycles. The zero-order chi connectivity index (χ0) is 14.5. The first-order valence-electron chi connectivity index (χ1n) is 5.67. The van der Waals surface area contributed by atoms with Crippen molar-refractivity contribution in [2.45, 2.75) is 6.42 Å². The van der Waals surface area contributed by atoms with Gasteiger partial charge >= 0.3 is 0 Å². The number of rotatable bonds is 5. The van der Waals surface area contributed by atoms with Crippen LogP contribution in [-0.4, -0.2) is 22.4 Å². The predicted molar refractivity (Wildman–Crippen MR) is 76.3 cm³/mol. The summed E-state index contributed by atoms with van der Waals surface area (Å²) < 4.78 is 0. The second-order valence-electron chi connectivity index (χ2n) is 3.90. The van der Waals surface area contributed by atoms with Crippen LogP contribution in [0.2, 0.25) is 5.02 Å². The van der Waals surface area contributed by atoms with Gasteiger partial charge < -0.3 is 5.32 Å². The van der Waals surface area contributed by atoms with Crippen molar-refractivity contribution in [3.63, 3.8) is 0 Å². The van der Waals surface area contributed by atoms with Crippen LogP contribution in [0, 0.1) is 10.1 Å². The van der Waals surface area contributed by atoms with Crippen molar-refractivity contribution in [3.05, 3.63) is 55.5 Å². The lowest BCUT2D eigenvalue weighted by atomic mass is 10.1. The van der Waals surface area contributed by atoms with E-state index in [-0.39, 0.29) is 16.3 Å². The SMILES string of the molecule is O=C(NCCc1cscn1)c1cc(Cl)ccc1[N+](=O)[O-]. The van der Waals surface area contributed by atoms with Crippen LogP contribution in [0.4, 0.5) is 5.69 Å². The van der Waals surface area contributed by atoms with Gasteiger partial charge in [0.2, 0.25) is 0 Å². The number of nitrogens with zero attached hydrogens (tertiary/aromatic N) is 2. The van der Waals surface area contributed by atoms with Gasteiger partial charge in [-0.25, -0.2) is 4.98 Å². The second kappa shape index (κ2) is 6.44. The quantitative estimate of drug-likeness (QED) is 0.679. The van der Waals surface area contributed by atoms with Crippen molar-refractivity contribution in [2.75, 3.05) is 6.54 Å². The molecular weight excluding hydrogens is 302 g/mol. The van der Waals surface area contributed by atoms with Crippen LogP contribution in [0.15, 0.2) is 29.1 Å². The Labute approximate surface area is 123 Å². The molecule has 2 rings (SSSR count). The van der Waals surface area contributed by atoms with Crippen LogP contribution in [0.1, 0.15) is 16.1 Å². The summed E-state index contributed by atoms with van der Waals surface area (Å²) in [4.78, 5) is 26.3. The summed E-state index contributed by atoms with van der Waals surface area (Å²) in [6.45, 7) is 0.353. The van der Waals surface area contributed by atoms with Crippen LogP contribution < -0.4 is 5.32 Å². The Morgan fingerprint density at radius 1 is 1.50 bits per heavy atom. The highest BCUT2D eigenvalue weighted by Gasteiger charge is 2.20. The van der Waals surface area contributed by atoms with Crippen molar-refractivity contribution in [1.82, 2.24) is 10.3 Å². The Bertz CT molecular complexity index is 631. The number of carbonyl (C=O) groups is 1. The number of hydrogen-bond donors (Lipinski definition) is 1. The Morgan fingerprint density at radius 2 is 2.30 bits per heavy atom. The Balaban J connectivity index is 2.05. The normalized spacial score (nSPS) is 10.2. The monoisotopic (exact) mass is 311 g/mol. The molecule has 0 aliphatic rings. The minimum absolute atomic E-state index is 0.0409. The summed E-state index contributed by atoms with van der Waals surface area (Å²) >= 11 is 7.24. The number of halogens is 1. The molecule has 0 aliphatic heterocycles. The third-order valence-corrected chi connectivity index (χ3v) is 3.42. The maximum Gasteiger partial charge on any atom is 0.282 e. The first-order chi connectivity index (χ1) is 9.58. The van der Waals surface area contributed by atoms with Crippen LogP contribution in [0.25, 0.3) is 0 Å². The standard InChI is InChI=1S/C12H10ClN3O3S/c13-8-1-2-11(16(18)19)10(5-8)12(17)14-4-3-9-6-20-7-15-9/h1-2,5-7H,3-4H2,(H,14,17). The van der Waals surface area contributed by atoms with E-state index in [1.807, 2.05) is 5.38 Å². The maximum absolute atomic E-state index is 12.0. The van der Waals surface area contributed by atoms with E-state index >= 15 is 0 Å². The summed E-state index contributed by atoms with van der Waals surface area (Å²) in [5, 5.41) is 15.7. The number of carbonyl (C=O) groups excluding carboxylic acids is 1. The lowest BCUT2D eigenvalue weighted by molar-refractivity contribution is -0.385. The highest BCUT2D eigenvalue weighted by atomic mass is 35.5. The van der Waals surface area contributed by atoms with Crippen molar-refractivity contribution in [3.8, 4) is 0 Å². The number of hydrogen-bond acceptors (Lipinski definition) is 5. The summed E-state index contributed by atoms with van der Waals surface area (Å²) in [5.74, 6) is -0.519. The third kappa shape index (κ3) is 3.52. The van der Waals surface area contributed by atoms with Crippen molar-refractivity contribution < 1.29 is 9.72 Å². The minimum atomic E-state index is -0.605. The van der Waals surface area contributed by atoms with E-state index in [4.69, 9.17) is 11.6 Å². The van der Waals surface area contributed by atoms with Gasteiger partial charge in [0.1, 0.15) is 5.56 Å². The highest BCUT2D eigenvalue weighted by molar-refractivity contribution is 7.07. The molecule has 8 heteroatoms. The summed E-state index contributed by atoms with van der Waals surface area (Å²) in [5.41, 5.74) is 2.27. The van der Waals surface area contributed by atoms with Gasteiger partial charge in [-0.05, 0) is 12.1 Å². The van der Waals surface area contributed by atoms with E-state index in [0.717, 1.165) is 5.69 Å². The van der Waals surface area contributed by atoms with Gasteiger partial charge in [0, 0.05) is 29.4 Å². The molecule has 0 bridgehead atoms. The number of benzene rings is 1. The molecule has 0 radical (unpaired) electrons. The predicted octanol–water partition coefficient (Wildman–Crippen LogP) is 2.68. The molecule has 0 atom stereocenters. The zero-order valence-corrected chi connectivity index (χ0v) is 11.8. The van der Waals surface area contributed by atoms with Gasteiger partial charge in [0.25, 0.3) is 11.6 Å². The summed E-state index contributed by atoms with van der Waals surface area (Å²) in [6.07, 6.45) is 0.573. The van der Waals surface area contributed by atoms with E-state index in [1.165, 1.54) is 29.5 Å². The molecule has 6 nitrogen and oxygen atoms in total. The van der Waals surface area contributed by atoms with Gasteiger partial charge in [-0.3, -0.25) is 14.9 Å². The van der Waals surface area contributed by atoms with Gasteiger partial charge in [-0.15, -0.1) is 11.3 Å². The number of aromatic nitrogens is 1. The smallest absolute Gasteiger partial charge is 0.282 e. The molecule has 0 unspecified atom stereocenters. The van der Waals surface area contributed by atoms with Crippen molar-refractivity contribution >= 4 is 34.5 Å². The lowest BCUT2D eigenvalue weighted by Crippen LogP contribution is -2.26. The Morgan fingerprint density at radius 3 is 2.95 bits per heavy atom. The number of thiazole rings is 1. The minimum Gasteiger partial charge on any atom is -0.351 e. The molecule has 1 aromatic carbocycles. The van der Waals surface area contributed by atoms with Gasteiger partial charge in [0.15, 0.2) is 0 Å². The van der Waals surface area contributed by atoms with Crippen molar-refractivity contribution in [1.29, 1.82) is 0 Å². The molecule has 2 aromatic rings. The Kier molecular flexibility index (Phi) is 4.65. The molecule has 0 fully saturated rings. The third-order valence-electron chi connectivity index (χ3n) is 2.55. The molecule has 0 aliphatic carbocycles. The topological polar surface area (TPSA) is 85.1 Å². The molecule has 0 spiro atoms. The average Bonchev–Trinajstić information content (AvgIpc) is 2.91. The molecule has 1 aromatic heterocycles.